The number of fused-ring (bicyclic) bond motifs is 1. The third kappa shape index (κ3) is 4.45. The highest BCUT2D eigenvalue weighted by Gasteiger charge is 2.33. The van der Waals surface area contributed by atoms with Gasteiger partial charge in [-0.1, -0.05) is 78.9 Å². The molecule has 0 saturated carbocycles. The van der Waals surface area contributed by atoms with Crippen molar-refractivity contribution < 1.29 is 13.2 Å². The predicted octanol–water partition coefficient (Wildman–Crippen LogP) is 4.46. The van der Waals surface area contributed by atoms with Crippen LogP contribution < -0.4 is 5.32 Å². The summed E-state index contributed by atoms with van der Waals surface area (Å²) in [6.45, 7) is 0. The summed E-state index contributed by atoms with van der Waals surface area (Å²) in [4.78, 5) is 13.3. The SMILES string of the molecule is O=C(CC(c1ccccc1)c1ccccc1)Nc1c2c(nn1-c1ccccc1)CS(=O)(=O)C2. The smallest absolute Gasteiger partial charge is 0.226 e. The summed E-state index contributed by atoms with van der Waals surface area (Å²) in [5.74, 6) is -0.121. The van der Waals surface area contributed by atoms with Gasteiger partial charge in [-0.3, -0.25) is 4.79 Å². The quantitative estimate of drug-likeness (QED) is 0.464. The number of nitrogens with one attached hydrogen (secondary N) is 1. The predicted molar refractivity (Wildman–Crippen MR) is 128 cm³/mol. The Morgan fingerprint density at radius 2 is 1.39 bits per heavy atom. The minimum atomic E-state index is -3.26. The topological polar surface area (TPSA) is 81.1 Å². The average molecular weight is 458 g/mol. The number of sulfone groups is 1. The zero-order valence-electron chi connectivity index (χ0n) is 17.9. The molecule has 1 aliphatic heterocycles. The first-order valence-corrected chi connectivity index (χ1v) is 12.6. The molecule has 0 aliphatic carbocycles. The first-order chi connectivity index (χ1) is 16.0. The maximum atomic E-state index is 13.3. The van der Waals surface area contributed by atoms with Crippen LogP contribution in [0.4, 0.5) is 5.82 Å². The number of aromatic nitrogens is 2. The normalized spacial score (nSPS) is 14.2. The molecule has 0 fully saturated rings. The standard InChI is InChI=1S/C26H23N3O3S/c30-25(16-22(19-10-4-1-5-11-19)20-12-6-2-7-13-20)27-26-23-17-33(31,32)18-24(23)28-29(26)21-14-8-3-9-15-21/h1-15,22H,16-18H2,(H,27,30). The van der Waals surface area contributed by atoms with Gasteiger partial charge in [0.15, 0.2) is 9.84 Å². The Balaban J connectivity index is 1.48. The van der Waals surface area contributed by atoms with Gasteiger partial charge in [-0.2, -0.15) is 5.10 Å². The first-order valence-electron chi connectivity index (χ1n) is 10.8. The Hall–Kier alpha value is -3.71. The largest absolute Gasteiger partial charge is 0.310 e. The molecule has 33 heavy (non-hydrogen) atoms. The number of rotatable bonds is 6. The summed E-state index contributed by atoms with van der Waals surface area (Å²) < 4.78 is 26.1. The Kier molecular flexibility index (Phi) is 5.56. The lowest BCUT2D eigenvalue weighted by atomic mass is 9.88. The van der Waals surface area contributed by atoms with Crippen LogP contribution in [0.2, 0.25) is 0 Å². The molecule has 4 aromatic rings. The zero-order valence-corrected chi connectivity index (χ0v) is 18.7. The molecule has 1 aromatic heterocycles. The molecule has 1 aliphatic rings. The van der Waals surface area contributed by atoms with E-state index in [1.807, 2.05) is 91.0 Å². The fourth-order valence-electron chi connectivity index (χ4n) is 4.29. The van der Waals surface area contributed by atoms with Gasteiger partial charge in [0.05, 0.1) is 22.9 Å². The number of carbonyl (C=O) groups is 1. The number of hydrogen-bond donors (Lipinski definition) is 1. The van der Waals surface area contributed by atoms with Crippen LogP contribution in [-0.2, 0) is 26.1 Å². The van der Waals surface area contributed by atoms with Crippen LogP contribution in [0, 0.1) is 0 Å². The molecular weight excluding hydrogens is 434 g/mol. The molecule has 0 bridgehead atoms. The van der Waals surface area contributed by atoms with E-state index in [0.29, 0.717) is 17.1 Å². The molecule has 1 amide bonds. The van der Waals surface area contributed by atoms with Crippen LogP contribution in [0.3, 0.4) is 0 Å². The molecule has 0 spiro atoms. The second-order valence-electron chi connectivity index (χ2n) is 8.18. The van der Waals surface area contributed by atoms with E-state index in [1.165, 1.54) is 0 Å². The van der Waals surface area contributed by atoms with E-state index in [2.05, 4.69) is 10.4 Å². The number of carbonyl (C=O) groups excluding carboxylic acids is 1. The van der Waals surface area contributed by atoms with Crippen molar-refractivity contribution in [3.05, 3.63) is 113 Å². The van der Waals surface area contributed by atoms with Crippen molar-refractivity contribution in [2.45, 2.75) is 23.8 Å². The molecule has 2 heterocycles. The number of para-hydroxylation sites is 1. The molecule has 5 rings (SSSR count). The van der Waals surface area contributed by atoms with E-state index >= 15 is 0 Å². The van der Waals surface area contributed by atoms with Gasteiger partial charge in [0.1, 0.15) is 5.82 Å². The lowest BCUT2D eigenvalue weighted by molar-refractivity contribution is -0.116. The molecule has 1 N–H and O–H groups in total. The van der Waals surface area contributed by atoms with Gasteiger partial charge in [0, 0.05) is 17.9 Å². The molecule has 0 unspecified atom stereocenters. The van der Waals surface area contributed by atoms with Crippen LogP contribution in [0.5, 0.6) is 0 Å². The van der Waals surface area contributed by atoms with Crippen molar-refractivity contribution in [2.75, 3.05) is 5.32 Å². The summed E-state index contributed by atoms with van der Waals surface area (Å²) in [5, 5.41) is 7.52. The fourth-order valence-corrected chi connectivity index (χ4v) is 5.79. The maximum Gasteiger partial charge on any atom is 0.226 e. The van der Waals surface area contributed by atoms with Crippen LogP contribution in [0.25, 0.3) is 5.69 Å². The van der Waals surface area contributed by atoms with Gasteiger partial charge in [-0.15, -0.1) is 0 Å². The van der Waals surface area contributed by atoms with Gasteiger partial charge in [-0.25, -0.2) is 13.1 Å². The highest BCUT2D eigenvalue weighted by molar-refractivity contribution is 7.90. The average Bonchev–Trinajstić information content (AvgIpc) is 3.31. The second-order valence-corrected chi connectivity index (χ2v) is 10.2. The second kappa shape index (κ2) is 8.67. The summed E-state index contributed by atoms with van der Waals surface area (Å²) in [5.41, 5.74) is 3.92. The zero-order chi connectivity index (χ0) is 22.8. The Morgan fingerprint density at radius 1 is 0.848 bits per heavy atom. The van der Waals surface area contributed by atoms with E-state index in [9.17, 15) is 13.2 Å². The van der Waals surface area contributed by atoms with Crippen LogP contribution in [-0.4, -0.2) is 24.1 Å². The Morgan fingerprint density at radius 3 is 1.97 bits per heavy atom. The van der Waals surface area contributed by atoms with Gasteiger partial charge in [-0.05, 0) is 23.3 Å². The van der Waals surface area contributed by atoms with Crippen LogP contribution >= 0.6 is 0 Å². The van der Waals surface area contributed by atoms with Crippen molar-refractivity contribution in [3.8, 4) is 5.69 Å². The molecule has 3 aromatic carbocycles. The Labute approximate surface area is 192 Å². The minimum Gasteiger partial charge on any atom is -0.310 e. The summed E-state index contributed by atoms with van der Waals surface area (Å²) >= 11 is 0. The van der Waals surface area contributed by atoms with Crippen LogP contribution in [0.15, 0.2) is 91.0 Å². The molecule has 0 saturated heterocycles. The number of amides is 1. The summed E-state index contributed by atoms with van der Waals surface area (Å²) in [6, 6.07) is 29.2. The number of anilines is 1. The molecule has 6 nitrogen and oxygen atoms in total. The summed E-state index contributed by atoms with van der Waals surface area (Å²) in [7, 11) is -3.26. The number of nitrogens with zero attached hydrogens (tertiary/aromatic N) is 2. The van der Waals surface area contributed by atoms with E-state index in [4.69, 9.17) is 0 Å². The van der Waals surface area contributed by atoms with E-state index in [1.54, 1.807) is 4.68 Å². The van der Waals surface area contributed by atoms with Crippen molar-refractivity contribution in [1.82, 2.24) is 9.78 Å². The summed E-state index contributed by atoms with van der Waals surface area (Å²) in [6.07, 6.45) is 0.218. The number of hydrogen-bond acceptors (Lipinski definition) is 4. The monoisotopic (exact) mass is 457 g/mol. The molecular formula is C26H23N3O3S. The van der Waals surface area contributed by atoms with Crippen molar-refractivity contribution in [3.63, 3.8) is 0 Å². The fraction of sp³-hybridized carbons (Fsp3) is 0.154. The van der Waals surface area contributed by atoms with Crippen molar-refractivity contribution in [1.29, 1.82) is 0 Å². The van der Waals surface area contributed by atoms with E-state index < -0.39 is 9.84 Å². The van der Waals surface area contributed by atoms with Gasteiger partial charge < -0.3 is 5.32 Å². The maximum absolute atomic E-state index is 13.3. The molecule has 0 radical (unpaired) electrons. The first kappa shape index (κ1) is 21.2. The highest BCUT2D eigenvalue weighted by Crippen LogP contribution is 2.34. The van der Waals surface area contributed by atoms with Crippen molar-refractivity contribution in [2.24, 2.45) is 0 Å². The highest BCUT2D eigenvalue weighted by atomic mass is 32.2. The van der Waals surface area contributed by atoms with Gasteiger partial charge >= 0.3 is 0 Å². The third-order valence-electron chi connectivity index (χ3n) is 5.84. The van der Waals surface area contributed by atoms with E-state index in [0.717, 1.165) is 16.8 Å². The van der Waals surface area contributed by atoms with Crippen LogP contribution in [0.1, 0.15) is 34.7 Å². The number of benzene rings is 3. The third-order valence-corrected chi connectivity index (χ3v) is 7.28. The van der Waals surface area contributed by atoms with E-state index in [-0.39, 0.29) is 29.8 Å². The molecule has 0 atom stereocenters. The lowest BCUT2D eigenvalue weighted by Crippen LogP contribution is -2.19. The van der Waals surface area contributed by atoms with Gasteiger partial charge in [0.2, 0.25) is 5.91 Å². The minimum absolute atomic E-state index is 0.109. The van der Waals surface area contributed by atoms with Gasteiger partial charge in [0.25, 0.3) is 0 Å². The lowest BCUT2D eigenvalue weighted by Gasteiger charge is -2.18. The molecule has 7 heteroatoms. The molecule has 166 valence electrons. The Bertz CT molecular complexity index is 1340. The van der Waals surface area contributed by atoms with Crippen molar-refractivity contribution >= 4 is 21.6 Å².